The van der Waals surface area contributed by atoms with E-state index in [4.69, 9.17) is 4.74 Å². The van der Waals surface area contributed by atoms with Gasteiger partial charge in [0.05, 0.1) is 18.1 Å². The predicted molar refractivity (Wildman–Crippen MR) is 126 cm³/mol. The van der Waals surface area contributed by atoms with Crippen LogP contribution in [0, 0.1) is 20.8 Å². The largest absolute Gasteiger partial charge is 0.378 e. The number of benzene rings is 2. The molecule has 168 valence electrons. The molecule has 3 aromatic rings. The van der Waals surface area contributed by atoms with Gasteiger partial charge >= 0.3 is 0 Å². The third kappa shape index (κ3) is 5.17. The zero-order chi connectivity index (χ0) is 22.7. The van der Waals surface area contributed by atoms with E-state index >= 15 is 0 Å². The number of aryl methyl sites for hydroxylation is 3. The summed E-state index contributed by atoms with van der Waals surface area (Å²) in [5.41, 5.74) is 3.02. The fraction of sp³-hybridized carbons (Fsp3) is 0.304. The van der Waals surface area contributed by atoms with Crippen molar-refractivity contribution in [1.29, 1.82) is 0 Å². The summed E-state index contributed by atoms with van der Waals surface area (Å²) in [4.78, 5) is 11.5. The minimum Gasteiger partial charge on any atom is -0.378 e. The highest BCUT2D eigenvalue weighted by Gasteiger charge is 2.17. The Morgan fingerprint density at radius 2 is 1.59 bits per heavy atom. The van der Waals surface area contributed by atoms with Gasteiger partial charge in [-0.05, 0) is 56.7 Å². The number of aromatic nitrogens is 2. The third-order valence-corrected chi connectivity index (χ3v) is 6.73. The Labute approximate surface area is 188 Å². The maximum Gasteiger partial charge on any atom is 0.262 e. The normalized spacial score (nSPS) is 14.3. The van der Waals surface area contributed by atoms with Gasteiger partial charge in [-0.1, -0.05) is 17.7 Å². The van der Waals surface area contributed by atoms with E-state index in [-0.39, 0.29) is 4.90 Å². The number of ether oxygens (including phenoxy) is 1. The van der Waals surface area contributed by atoms with Crippen molar-refractivity contribution in [2.45, 2.75) is 25.7 Å². The highest BCUT2D eigenvalue weighted by atomic mass is 32.2. The summed E-state index contributed by atoms with van der Waals surface area (Å²) in [6.07, 6.45) is 0. The fourth-order valence-corrected chi connectivity index (χ4v) is 4.94. The molecule has 1 aromatic heterocycles. The summed E-state index contributed by atoms with van der Waals surface area (Å²) in [6.45, 7) is 8.56. The molecule has 0 aliphatic carbocycles. The van der Waals surface area contributed by atoms with E-state index in [1.54, 1.807) is 31.2 Å². The molecule has 32 heavy (non-hydrogen) atoms. The van der Waals surface area contributed by atoms with E-state index < -0.39 is 10.0 Å². The number of anilines is 4. The number of sulfonamides is 1. The highest BCUT2D eigenvalue weighted by Crippen LogP contribution is 2.24. The van der Waals surface area contributed by atoms with Crippen LogP contribution in [0.15, 0.2) is 53.4 Å². The second kappa shape index (κ2) is 9.13. The van der Waals surface area contributed by atoms with Crippen LogP contribution >= 0.6 is 0 Å². The smallest absolute Gasteiger partial charge is 0.262 e. The SMILES string of the molecule is Cc1ccc(S(=O)(=O)Nc2ccc(Nc3cc(N4CCOCC4)nc(C)n3)cc2)c(C)c1. The number of nitrogens with one attached hydrogen (secondary N) is 2. The topological polar surface area (TPSA) is 96.5 Å². The van der Waals surface area contributed by atoms with E-state index in [2.05, 4.69) is 24.9 Å². The second-order valence-corrected chi connectivity index (χ2v) is 9.49. The molecule has 1 aliphatic heterocycles. The summed E-state index contributed by atoms with van der Waals surface area (Å²) in [7, 11) is -3.66. The van der Waals surface area contributed by atoms with Crippen molar-refractivity contribution in [3.05, 3.63) is 65.5 Å². The first-order chi connectivity index (χ1) is 15.3. The molecule has 4 rings (SSSR count). The van der Waals surface area contributed by atoms with E-state index in [0.717, 1.165) is 30.2 Å². The van der Waals surface area contributed by atoms with Crippen molar-refractivity contribution < 1.29 is 13.2 Å². The van der Waals surface area contributed by atoms with Crippen LogP contribution < -0.4 is 14.9 Å². The summed E-state index contributed by atoms with van der Waals surface area (Å²) in [5, 5.41) is 3.28. The van der Waals surface area contributed by atoms with Crippen LogP contribution in [0.25, 0.3) is 0 Å². The van der Waals surface area contributed by atoms with Gasteiger partial charge in [0.25, 0.3) is 10.0 Å². The Hall–Kier alpha value is -3.17. The maximum atomic E-state index is 12.8. The molecule has 2 aromatic carbocycles. The number of hydrogen-bond acceptors (Lipinski definition) is 7. The molecule has 1 fully saturated rings. The minimum atomic E-state index is -3.66. The molecule has 0 amide bonds. The van der Waals surface area contributed by atoms with Crippen LogP contribution in [-0.2, 0) is 14.8 Å². The number of hydrogen-bond donors (Lipinski definition) is 2. The Morgan fingerprint density at radius 1 is 0.906 bits per heavy atom. The van der Waals surface area contributed by atoms with Crippen LogP contribution in [0.4, 0.5) is 23.0 Å². The number of nitrogens with zero attached hydrogens (tertiary/aromatic N) is 3. The lowest BCUT2D eigenvalue weighted by atomic mass is 10.2. The number of rotatable bonds is 6. The Bertz CT molecular complexity index is 1210. The first-order valence-corrected chi connectivity index (χ1v) is 11.9. The molecule has 1 saturated heterocycles. The molecule has 9 heteroatoms. The Morgan fingerprint density at radius 3 is 2.28 bits per heavy atom. The summed E-state index contributed by atoms with van der Waals surface area (Å²) in [6, 6.07) is 14.3. The molecular weight excluding hydrogens is 426 g/mol. The molecule has 0 unspecified atom stereocenters. The first-order valence-electron chi connectivity index (χ1n) is 10.5. The van der Waals surface area contributed by atoms with Gasteiger partial charge in [0.1, 0.15) is 17.5 Å². The average Bonchev–Trinajstić information content (AvgIpc) is 2.75. The fourth-order valence-electron chi connectivity index (χ4n) is 3.65. The van der Waals surface area contributed by atoms with E-state index in [1.165, 1.54) is 0 Å². The molecule has 0 saturated carbocycles. The predicted octanol–water partition coefficient (Wildman–Crippen LogP) is 3.78. The van der Waals surface area contributed by atoms with Gasteiger partial charge < -0.3 is 15.0 Å². The molecule has 2 N–H and O–H groups in total. The van der Waals surface area contributed by atoms with Gasteiger partial charge in [-0.25, -0.2) is 18.4 Å². The number of morpholine rings is 1. The van der Waals surface area contributed by atoms with Gasteiger partial charge in [-0.15, -0.1) is 0 Å². The van der Waals surface area contributed by atoms with Gasteiger partial charge in [-0.3, -0.25) is 4.72 Å². The quantitative estimate of drug-likeness (QED) is 0.586. The van der Waals surface area contributed by atoms with E-state index in [9.17, 15) is 8.42 Å². The molecule has 0 radical (unpaired) electrons. The lowest BCUT2D eigenvalue weighted by Crippen LogP contribution is -2.36. The molecule has 8 nitrogen and oxygen atoms in total. The average molecular weight is 454 g/mol. The van der Waals surface area contributed by atoms with E-state index in [1.807, 2.05) is 38.1 Å². The molecule has 0 spiro atoms. The molecular formula is C23H27N5O3S. The van der Waals surface area contributed by atoms with Crippen LogP contribution in [0.2, 0.25) is 0 Å². The first kappa shape index (κ1) is 22.0. The lowest BCUT2D eigenvalue weighted by Gasteiger charge is -2.28. The van der Waals surface area contributed by atoms with Crippen LogP contribution in [-0.4, -0.2) is 44.7 Å². The lowest BCUT2D eigenvalue weighted by molar-refractivity contribution is 0.122. The monoisotopic (exact) mass is 453 g/mol. The molecule has 2 heterocycles. The van der Waals surface area contributed by atoms with Gasteiger partial charge in [-0.2, -0.15) is 0 Å². The van der Waals surface area contributed by atoms with Crippen molar-refractivity contribution in [3.8, 4) is 0 Å². The Kier molecular flexibility index (Phi) is 6.29. The summed E-state index contributed by atoms with van der Waals surface area (Å²) < 4.78 is 33.6. The third-order valence-electron chi connectivity index (χ3n) is 5.19. The summed E-state index contributed by atoms with van der Waals surface area (Å²) in [5.74, 6) is 2.22. The molecule has 1 aliphatic rings. The van der Waals surface area contributed by atoms with Crippen molar-refractivity contribution in [2.75, 3.05) is 41.2 Å². The second-order valence-electron chi connectivity index (χ2n) is 7.83. The van der Waals surface area contributed by atoms with Gasteiger partial charge in [0, 0.05) is 30.5 Å². The van der Waals surface area contributed by atoms with Crippen molar-refractivity contribution >= 4 is 33.0 Å². The zero-order valence-electron chi connectivity index (χ0n) is 18.4. The van der Waals surface area contributed by atoms with Gasteiger partial charge in [0.15, 0.2) is 0 Å². The highest BCUT2D eigenvalue weighted by molar-refractivity contribution is 7.92. The van der Waals surface area contributed by atoms with E-state index in [0.29, 0.717) is 36.1 Å². The zero-order valence-corrected chi connectivity index (χ0v) is 19.2. The van der Waals surface area contributed by atoms with Crippen LogP contribution in [0.1, 0.15) is 17.0 Å². The summed E-state index contributed by atoms with van der Waals surface area (Å²) >= 11 is 0. The maximum absolute atomic E-state index is 12.8. The standard InChI is InChI=1S/C23H27N5O3S/c1-16-4-9-21(17(2)14-16)32(29,30)27-20-7-5-19(6-8-20)26-22-15-23(25-18(3)24-22)28-10-12-31-13-11-28/h4-9,14-15,27H,10-13H2,1-3H3,(H,24,25,26). The van der Waals surface area contributed by atoms with Crippen molar-refractivity contribution in [3.63, 3.8) is 0 Å². The Balaban J connectivity index is 1.48. The van der Waals surface area contributed by atoms with Crippen molar-refractivity contribution in [1.82, 2.24) is 9.97 Å². The van der Waals surface area contributed by atoms with Crippen molar-refractivity contribution in [2.24, 2.45) is 0 Å². The van der Waals surface area contributed by atoms with Gasteiger partial charge in [0.2, 0.25) is 0 Å². The minimum absolute atomic E-state index is 0.275. The molecule has 0 bridgehead atoms. The van der Waals surface area contributed by atoms with Crippen LogP contribution in [0.3, 0.4) is 0 Å². The molecule has 0 atom stereocenters. The van der Waals surface area contributed by atoms with Crippen LogP contribution in [0.5, 0.6) is 0 Å².